The molecule has 2 aliphatic rings. The van der Waals surface area contributed by atoms with Crippen LogP contribution in [0.1, 0.15) is 33.1 Å². The average molecular weight is 254 g/mol. The summed E-state index contributed by atoms with van der Waals surface area (Å²) in [4.78, 5) is 12.2. The molecule has 2 heterocycles. The predicted octanol–water partition coefficient (Wildman–Crippen LogP) is 1.16. The first-order valence-electron chi connectivity index (χ1n) is 7.27. The number of hydrogen-bond acceptors (Lipinski definition) is 3. The molecule has 2 rings (SSSR count). The van der Waals surface area contributed by atoms with Crippen molar-refractivity contribution in [1.82, 2.24) is 10.6 Å². The Balaban J connectivity index is 1.76. The molecule has 18 heavy (non-hydrogen) atoms. The molecular formula is C14H26N2O2. The van der Waals surface area contributed by atoms with Crippen molar-refractivity contribution in [2.24, 2.45) is 17.8 Å². The second kappa shape index (κ2) is 6.53. The molecule has 2 fully saturated rings. The third-order valence-electron chi connectivity index (χ3n) is 4.40. The molecule has 0 aromatic rings. The normalized spacial score (nSPS) is 37.2. The highest BCUT2D eigenvalue weighted by Gasteiger charge is 2.29. The van der Waals surface area contributed by atoms with E-state index in [2.05, 4.69) is 24.5 Å². The summed E-state index contributed by atoms with van der Waals surface area (Å²) in [5, 5.41) is 6.62. The highest BCUT2D eigenvalue weighted by molar-refractivity contribution is 5.79. The number of hydrogen-bond donors (Lipinski definition) is 2. The van der Waals surface area contributed by atoms with Crippen molar-refractivity contribution < 1.29 is 9.53 Å². The predicted molar refractivity (Wildman–Crippen MR) is 71.3 cm³/mol. The fourth-order valence-electron chi connectivity index (χ4n) is 3.00. The van der Waals surface area contributed by atoms with E-state index in [0.29, 0.717) is 17.9 Å². The number of amides is 1. The molecule has 1 amide bonds. The van der Waals surface area contributed by atoms with Gasteiger partial charge in [0.1, 0.15) is 0 Å². The first-order valence-corrected chi connectivity index (χ1v) is 7.27. The molecular weight excluding hydrogens is 228 g/mol. The first kappa shape index (κ1) is 13.8. The van der Waals surface area contributed by atoms with Crippen LogP contribution in [0.3, 0.4) is 0 Å². The second-order valence-corrected chi connectivity index (χ2v) is 5.87. The van der Waals surface area contributed by atoms with E-state index in [1.807, 2.05) is 0 Å². The summed E-state index contributed by atoms with van der Waals surface area (Å²) in [6.07, 6.45) is 3.38. The van der Waals surface area contributed by atoms with Crippen LogP contribution in [0, 0.1) is 17.8 Å². The Bertz CT molecular complexity index is 283. The van der Waals surface area contributed by atoms with E-state index in [9.17, 15) is 4.79 Å². The second-order valence-electron chi connectivity index (χ2n) is 5.87. The van der Waals surface area contributed by atoms with Gasteiger partial charge in [-0.05, 0) is 37.6 Å². The van der Waals surface area contributed by atoms with Gasteiger partial charge < -0.3 is 15.4 Å². The van der Waals surface area contributed by atoms with Gasteiger partial charge in [0, 0.05) is 31.7 Å². The highest BCUT2D eigenvalue weighted by Crippen LogP contribution is 2.21. The van der Waals surface area contributed by atoms with Crippen LogP contribution in [-0.2, 0) is 9.53 Å². The number of ether oxygens (including phenoxy) is 1. The molecule has 0 bridgehead atoms. The first-order chi connectivity index (χ1) is 8.68. The maximum atomic E-state index is 12.2. The molecule has 104 valence electrons. The summed E-state index contributed by atoms with van der Waals surface area (Å²) in [6.45, 7) is 7.66. The van der Waals surface area contributed by atoms with Crippen molar-refractivity contribution in [2.75, 3.05) is 26.3 Å². The Kier molecular flexibility index (Phi) is 5.01. The Morgan fingerprint density at radius 2 is 2.17 bits per heavy atom. The lowest BCUT2D eigenvalue weighted by molar-refractivity contribution is -0.130. The van der Waals surface area contributed by atoms with E-state index in [4.69, 9.17) is 4.74 Å². The summed E-state index contributed by atoms with van der Waals surface area (Å²) in [5.74, 6) is 1.35. The van der Waals surface area contributed by atoms with Crippen LogP contribution in [0.15, 0.2) is 0 Å². The molecule has 2 saturated heterocycles. The molecule has 2 N–H and O–H groups in total. The van der Waals surface area contributed by atoms with E-state index < -0.39 is 0 Å². The summed E-state index contributed by atoms with van der Waals surface area (Å²) >= 11 is 0. The van der Waals surface area contributed by atoms with Gasteiger partial charge in [-0.25, -0.2) is 0 Å². The molecule has 4 heteroatoms. The average Bonchev–Trinajstić information content (AvgIpc) is 2.38. The van der Waals surface area contributed by atoms with E-state index in [0.717, 1.165) is 32.7 Å². The largest absolute Gasteiger partial charge is 0.381 e. The maximum Gasteiger partial charge on any atom is 0.223 e. The SMILES string of the molecule is CC1CCCNC1CNC(=O)C1CCOCC1C. The molecule has 0 saturated carbocycles. The molecule has 0 aliphatic carbocycles. The van der Waals surface area contributed by atoms with Crippen molar-refractivity contribution in [3.05, 3.63) is 0 Å². The van der Waals surface area contributed by atoms with Gasteiger partial charge in [-0.1, -0.05) is 13.8 Å². The molecule has 2 aliphatic heterocycles. The van der Waals surface area contributed by atoms with Gasteiger partial charge in [0.15, 0.2) is 0 Å². The van der Waals surface area contributed by atoms with E-state index >= 15 is 0 Å². The number of rotatable bonds is 3. The Hall–Kier alpha value is -0.610. The molecule has 0 aromatic heterocycles. The lowest BCUT2D eigenvalue weighted by Gasteiger charge is -2.32. The topological polar surface area (TPSA) is 50.4 Å². The quantitative estimate of drug-likeness (QED) is 0.795. The zero-order chi connectivity index (χ0) is 13.0. The third kappa shape index (κ3) is 3.45. The van der Waals surface area contributed by atoms with Crippen molar-refractivity contribution >= 4 is 5.91 Å². The van der Waals surface area contributed by atoms with Gasteiger partial charge in [-0.15, -0.1) is 0 Å². The van der Waals surface area contributed by atoms with Gasteiger partial charge in [0.2, 0.25) is 5.91 Å². The maximum absolute atomic E-state index is 12.2. The van der Waals surface area contributed by atoms with Gasteiger partial charge in [0.25, 0.3) is 0 Å². The third-order valence-corrected chi connectivity index (χ3v) is 4.40. The van der Waals surface area contributed by atoms with Crippen molar-refractivity contribution in [3.63, 3.8) is 0 Å². The van der Waals surface area contributed by atoms with E-state index in [-0.39, 0.29) is 11.8 Å². The standard InChI is InChI=1S/C14H26N2O2/c1-10-4-3-6-15-13(10)8-16-14(17)12-5-7-18-9-11(12)2/h10-13,15H,3-9H2,1-2H3,(H,16,17). The fourth-order valence-corrected chi connectivity index (χ4v) is 3.00. The minimum absolute atomic E-state index is 0.137. The van der Waals surface area contributed by atoms with Crippen LogP contribution in [0.5, 0.6) is 0 Å². The van der Waals surface area contributed by atoms with Crippen molar-refractivity contribution in [2.45, 2.75) is 39.2 Å². The van der Waals surface area contributed by atoms with E-state index in [1.54, 1.807) is 0 Å². The lowest BCUT2D eigenvalue weighted by Crippen LogP contribution is -2.49. The van der Waals surface area contributed by atoms with Crippen LogP contribution in [0.25, 0.3) is 0 Å². The van der Waals surface area contributed by atoms with Crippen molar-refractivity contribution in [3.8, 4) is 0 Å². The minimum Gasteiger partial charge on any atom is -0.381 e. The molecule has 0 spiro atoms. The van der Waals surface area contributed by atoms with Crippen LogP contribution >= 0.6 is 0 Å². The molecule has 4 nitrogen and oxygen atoms in total. The summed E-state index contributed by atoms with van der Waals surface area (Å²) in [7, 11) is 0. The van der Waals surface area contributed by atoms with Gasteiger partial charge in [-0.2, -0.15) is 0 Å². The zero-order valence-electron chi connectivity index (χ0n) is 11.6. The summed E-state index contributed by atoms with van der Waals surface area (Å²) < 4.78 is 5.38. The smallest absolute Gasteiger partial charge is 0.223 e. The Morgan fingerprint density at radius 3 is 2.89 bits per heavy atom. The van der Waals surface area contributed by atoms with Crippen LogP contribution in [0.4, 0.5) is 0 Å². The van der Waals surface area contributed by atoms with Crippen LogP contribution < -0.4 is 10.6 Å². The summed E-state index contributed by atoms with van der Waals surface area (Å²) in [5.41, 5.74) is 0. The molecule has 4 atom stereocenters. The molecule has 0 aromatic carbocycles. The van der Waals surface area contributed by atoms with Gasteiger partial charge in [0.05, 0.1) is 0 Å². The fraction of sp³-hybridized carbons (Fsp3) is 0.929. The number of carbonyl (C=O) groups excluding carboxylic acids is 1. The van der Waals surface area contributed by atoms with Crippen molar-refractivity contribution in [1.29, 1.82) is 0 Å². The highest BCUT2D eigenvalue weighted by atomic mass is 16.5. The number of nitrogens with one attached hydrogen (secondary N) is 2. The van der Waals surface area contributed by atoms with Gasteiger partial charge in [-0.3, -0.25) is 4.79 Å². The zero-order valence-corrected chi connectivity index (χ0v) is 11.6. The van der Waals surface area contributed by atoms with Crippen LogP contribution in [0.2, 0.25) is 0 Å². The van der Waals surface area contributed by atoms with Gasteiger partial charge >= 0.3 is 0 Å². The number of carbonyl (C=O) groups is 1. The minimum atomic E-state index is 0.137. The Labute approximate surface area is 110 Å². The van der Waals surface area contributed by atoms with E-state index in [1.165, 1.54) is 12.8 Å². The molecule has 0 radical (unpaired) electrons. The number of piperidine rings is 1. The lowest BCUT2D eigenvalue weighted by atomic mass is 9.88. The monoisotopic (exact) mass is 254 g/mol. The summed E-state index contributed by atoms with van der Waals surface area (Å²) in [6, 6.07) is 0.442. The molecule has 4 unspecified atom stereocenters. The van der Waals surface area contributed by atoms with Crippen LogP contribution in [-0.4, -0.2) is 38.3 Å². The Morgan fingerprint density at radius 1 is 1.33 bits per heavy atom.